The molecular weight excluding hydrogens is 541 g/mol. The number of aromatic nitrogens is 5. The number of amides is 1. The van der Waals surface area contributed by atoms with Gasteiger partial charge >= 0.3 is 0 Å². The van der Waals surface area contributed by atoms with Gasteiger partial charge in [-0.05, 0) is 69.6 Å². The highest BCUT2D eigenvalue weighted by Crippen LogP contribution is 2.28. The van der Waals surface area contributed by atoms with E-state index in [1.54, 1.807) is 0 Å². The molecule has 0 atom stereocenters. The topological polar surface area (TPSA) is 162 Å². The van der Waals surface area contributed by atoms with Gasteiger partial charge in [-0.15, -0.1) is 5.10 Å². The summed E-state index contributed by atoms with van der Waals surface area (Å²) >= 11 is 0. The summed E-state index contributed by atoms with van der Waals surface area (Å²) in [4.78, 5) is 26.1. The number of hydrogen-bond acceptors (Lipinski definition) is 10. The monoisotopic (exact) mass is 575 g/mol. The number of nitrogens with one attached hydrogen (secondary N) is 4. The molecule has 6 rings (SSSR count). The molecule has 0 unspecified atom stereocenters. The number of aliphatic hydroxyl groups excluding tert-OH is 2. The zero-order valence-corrected chi connectivity index (χ0v) is 23.0. The van der Waals surface area contributed by atoms with Gasteiger partial charge in [0.25, 0.3) is 5.91 Å². The summed E-state index contributed by atoms with van der Waals surface area (Å²) in [5.41, 5.74) is 1.08. The number of fused-ring (bicyclic) bond motifs is 1. The van der Waals surface area contributed by atoms with Crippen LogP contribution in [0.4, 0.5) is 33.2 Å². The van der Waals surface area contributed by atoms with Crippen molar-refractivity contribution in [1.29, 1.82) is 0 Å². The van der Waals surface area contributed by atoms with E-state index in [9.17, 15) is 19.4 Å². The number of halogens is 1. The highest BCUT2D eigenvalue weighted by molar-refractivity contribution is 6.03. The third-order valence-corrected chi connectivity index (χ3v) is 7.83. The molecule has 0 spiro atoms. The molecule has 220 valence electrons. The SMILES string of the molecule is O=C(Nc1ccncc1F)c1cnc2c(Nc3cccc(N[C@H]4CC[C@H](O)CC4)n3)cc(N[C@H]3CC[C@H](O)CC3)nn12. The second-order valence-electron chi connectivity index (χ2n) is 11.0. The van der Waals surface area contributed by atoms with Crippen LogP contribution in [0, 0.1) is 5.82 Å². The van der Waals surface area contributed by atoms with Crippen LogP contribution < -0.4 is 21.3 Å². The van der Waals surface area contributed by atoms with E-state index in [0.29, 0.717) is 41.6 Å². The molecule has 2 saturated carbocycles. The Morgan fingerprint density at radius 1 is 0.857 bits per heavy atom. The fourth-order valence-corrected chi connectivity index (χ4v) is 5.53. The molecular formula is C29H34FN9O3. The number of anilines is 5. The summed E-state index contributed by atoms with van der Waals surface area (Å²) in [6, 6.07) is 9.19. The minimum Gasteiger partial charge on any atom is -0.393 e. The van der Waals surface area contributed by atoms with Gasteiger partial charge in [-0.1, -0.05) is 6.07 Å². The molecule has 2 fully saturated rings. The van der Waals surface area contributed by atoms with E-state index >= 15 is 0 Å². The maximum absolute atomic E-state index is 14.2. The highest BCUT2D eigenvalue weighted by Gasteiger charge is 2.23. The largest absolute Gasteiger partial charge is 0.393 e. The van der Waals surface area contributed by atoms with Gasteiger partial charge in [0, 0.05) is 24.3 Å². The molecule has 0 aromatic carbocycles. The van der Waals surface area contributed by atoms with Crippen molar-refractivity contribution >= 4 is 40.4 Å². The number of rotatable bonds is 8. The average Bonchev–Trinajstić information content (AvgIpc) is 3.41. The van der Waals surface area contributed by atoms with Crippen molar-refractivity contribution in [3.63, 3.8) is 0 Å². The van der Waals surface area contributed by atoms with Gasteiger partial charge in [-0.3, -0.25) is 9.78 Å². The molecule has 2 aliphatic carbocycles. The fourth-order valence-electron chi connectivity index (χ4n) is 5.53. The summed E-state index contributed by atoms with van der Waals surface area (Å²) in [6.45, 7) is 0. The molecule has 0 radical (unpaired) electrons. The number of nitrogens with zero attached hydrogens (tertiary/aromatic N) is 5. The third-order valence-electron chi connectivity index (χ3n) is 7.83. The zero-order chi connectivity index (χ0) is 29.1. The zero-order valence-electron chi connectivity index (χ0n) is 23.0. The van der Waals surface area contributed by atoms with Crippen LogP contribution in [-0.4, -0.2) is 65.0 Å². The smallest absolute Gasteiger partial charge is 0.276 e. The summed E-state index contributed by atoms with van der Waals surface area (Å²) in [5, 5.41) is 37.2. The predicted octanol–water partition coefficient (Wildman–Crippen LogP) is 4.09. The molecule has 2 aliphatic rings. The molecule has 1 amide bonds. The van der Waals surface area contributed by atoms with Crippen molar-refractivity contribution in [3.8, 4) is 0 Å². The van der Waals surface area contributed by atoms with Gasteiger partial charge in [0.05, 0.1) is 36.0 Å². The van der Waals surface area contributed by atoms with Crippen molar-refractivity contribution in [1.82, 2.24) is 24.6 Å². The summed E-state index contributed by atoms with van der Waals surface area (Å²) in [7, 11) is 0. The van der Waals surface area contributed by atoms with Gasteiger partial charge in [0.15, 0.2) is 17.2 Å². The average molecular weight is 576 g/mol. The molecule has 6 N–H and O–H groups in total. The van der Waals surface area contributed by atoms with E-state index in [0.717, 1.165) is 44.7 Å². The van der Waals surface area contributed by atoms with Crippen LogP contribution in [0.2, 0.25) is 0 Å². The van der Waals surface area contributed by atoms with Gasteiger partial charge in [0.2, 0.25) is 0 Å². The maximum Gasteiger partial charge on any atom is 0.276 e. The van der Waals surface area contributed by atoms with Crippen LogP contribution >= 0.6 is 0 Å². The summed E-state index contributed by atoms with van der Waals surface area (Å²) < 4.78 is 15.6. The first-order valence-corrected chi connectivity index (χ1v) is 14.3. The standard InChI is InChI=1S/C29H34FN9O3/c30-21-15-31-13-12-22(21)36-29(42)24-16-32-28-23(14-27(38-39(24)28)34-18-6-10-20(41)11-7-18)35-26-3-1-2-25(37-26)33-17-4-8-19(40)9-5-17/h1-3,12-20,40-41H,4-11H2,(H,34,38)(H,31,36,42)(H2,33,35,37)/t17-,18-,19-,20-. The van der Waals surface area contributed by atoms with Crippen molar-refractivity contribution in [2.45, 2.75) is 75.7 Å². The normalized spacial score (nSPS) is 22.5. The van der Waals surface area contributed by atoms with E-state index in [-0.39, 0.29) is 35.7 Å². The number of carbonyl (C=O) groups excluding carboxylic acids is 1. The van der Waals surface area contributed by atoms with E-state index in [2.05, 4.69) is 36.3 Å². The fraction of sp³-hybridized carbons (Fsp3) is 0.414. The van der Waals surface area contributed by atoms with Crippen LogP contribution in [-0.2, 0) is 0 Å². The van der Waals surface area contributed by atoms with E-state index in [4.69, 9.17) is 4.98 Å². The van der Waals surface area contributed by atoms with E-state index in [1.807, 2.05) is 24.3 Å². The summed E-state index contributed by atoms with van der Waals surface area (Å²) in [6.07, 6.45) is 9.55. The summed E-state index contributed by atoms with van der Waals surface area (Å²) in [5.74, 6) is 0.576. The van der Waals surface area contributed by atoms with E-state index < -0.39 is 11.7 Å². The van der Waals surface area contributed by atoms with Gasteiger partial charge < -0.3 is 31.5 Å². The molecule has 13 heteroatoms. The number of hydrogen-bond donors (Lipinski definition) is 6. The predicted molar refractivity (Wildman–Crippen MR) is 156 cm³/mol. The second kappa shape index (κ2) is 12.2. The van der Waals surface area contributed by atoms with Crippen molar-refractivity contribution in [2.24, 2.45) is 0 Å². The minimum atomic E-state index is -0.652. The molecule has 12 nitrogen and oxygen atoms in total. The van der Waals surface area contributed by atoms with Crippen molar-refractivity contribution in [3.05, 3.63) is 60.4 Å². The first-order valence-electron chi connectivity index (χ1n) is 14.3. The Kier molecular flexibility index (Phi) is 8.11. The lowest BCUT2D eigenvalue weighted by atomic mass is 9.93. The lowest BCUT2D eigenvalue weighted by Gasteiger charge is -2.27. The Hall–Kier alpha value is -4.36. The molecule has 0 aliphatic heterocycles. The Balaban J connectivity index is 1.29. The van der Waals surface area contributed by atoms with Crippen LogP contribution in [0.25, 0.3) is 5.65 Å². The van der Waals surface area contributed by atoms with Crippen LogP contribution in [0.3, 0.4) is 0 Å². The number of pyridine rings is 2. The quantitative estimate of drug-likeness (QED) is 0.181. The lowest BCUT2D eigenvalue weighted by molar-refractivity contribution is 0.101. The Morgan fingerprint density at radius 3 is 2.21 bits per heavy atom. The van der Waals surface area contributed by atoms with Crippen LogP contribution in [0.1, 0.15) is 61.9 Å². The van der Waals surface area contributed by atoms with Crippen LogP contribution in [0.15, 0.2) is 48.9 Å². The Morgan fingerprint density at radius 2 is 1.52 bits per heavy atom. The number of imidazole rings is 1. The maximum atomic E-state index is 14.2. The minimum absolute atomic E-state index is 0.000619. The Labute approximate surface area is 241 Å². The van der Waals surface area contributed by atoms with Gasteiger partial charge in [-0.2, -0.15) is 0 Å². The molecule has 0 saturated heterocycles. The molecule has 4 heterocycles. The van der Waals surface area contributed by atoms with E-state index in [1.165, 1.54) is 23.0 Å². The Bertz CT molecular complexity index is 1550. The molecule has 42 heavy (non-hydrogen) atoms. The highest BCUT2D eigenvalue weighted by atomic mass is 19.1. The molecule has 4 aromatic heterocycles. The van der Waals surface area contributed by atoms with Crippen LogP contribution in [0.5, 0.6) is 0 Å². The van der Waals surface area contributed by atoms with Crippen molar-refractivity contribution < 1.29 is 19.4 Å². The molecule has 4 aromatic rings. The number of carbonyl (C=O) groups is 1. The first kappa shape index (κ1) is 27.8. The number of aliphatic hydroxyl groups is 2. The third kappa shape index (κ3) is 6.42. The second-order valence-corrected chi connectivity index (χ2v) is 11.0. The van der Waals surface area contributed by atoms with Gasteiger partial charge in [-0.25, -0.2) is 18.9 Å². The first-order chi connectivity index (χ1) is 20.4. The van der Waals surface area contributed by atoms with Gasteiger partial charge in [0.1, 0.15) is 17.5 Å². The molecule has 0 bridgehead atoms. The lowest BCUT2D eigenvalue weighted by Crippen LogP contribution is -2.29. The van der Waals surface area contributed by atoms with Crippen molar-refractivity contribution in [2.75, 3.05) is 21.3 Å².